The van der Waals surface area contributed by atoms with Crippen LogP contribution in [-0.2, 0) is 4.79 Å². The van der Waals surface area contributed by atoms with E-state index in [1.165, 1.54) is 18.5 Å². The summed E-state index contributed by atoms with van der Waals surface area (Å²) >= 11 is 0. The lowest BCUT2D eigenvalue weighted by Crippen LogP contribution is -2.41. The first-order valence-electron chi connectivity index (χ1n) is 7.81. The van der Waals surface area contributed by atoms with Gasteiger partial charge < -0.3 is 9.15 Å². The van der Waals surface area contributed by atoms with E-state index in [4.69, 9.17) is 9.15 Å². The van der Waals surface area contributed by atoms with Crippen LogP contribution < -0.4 is 21.0 Å². The van der Waals surface area contributed by atoms with Crippen molar-refractivity contribution in [2.75, 3.05) is 0 Å². The minimum atomic E-state index is -0.582. The van der Waals surface area contributed by atoms with Crippen molar-refractivity contribution in [3.8, 4) is 5.75 Å². The summed E-state index contributed by atoms with van der Waals surface area (Å²) in [5.41, 5.74) is 9.03. The molecule has 1 saturated heterocycles. The third-order valence-corrected chi connectivity index (χ3v) is 3.59. The number of nitrogens with zero attached hydrogens (tertiary/aromatic N) is 1. The summed E-state index contributed by atoms with van der Waals surface area (Å²) in [4.78, 5) is 23.8. The smallest absolute Gasteiger partial charge is 0.379 e. The van der Waals surface area contributed by atoms with Crippen molar-refractivity contribution in [3.05, 3.63) is 54.0 Å². The maximum absolute atomic E-state index is 11.9. The molecule has 3 N–H and O–H groups in total. The van der Waals surface area contributed by atoms with Crippen LogP contribution in [0.1, 0.15) is 29.5 Å². The van der Waals surface area contributed by atoms with Crippen molar-refractivity contribution >= 4 is 18.1 Å². The number of hydrogen-bond acceptors (Lipinski definition) is 7. The Hall–Kier alpha value is -2.97. The molecule has 8 heteroatoms. The van der Waals surface area contributed by atoms with E-state index in [2.05, 4.69) is 21.4 Å². The molecule has 3 rings (SSSR count). The molecule has 1 aromatic carbocycles. The van der Waals surface area contributed by atoms with E-state index in [1.54, 1.807) is 30.3 Å². The molecule has 0 radical (unpaired) electrons. The molecule has 1 aliphatic rings. The van der Waals surface area contributed by atoms with Gasteiger partial charge in [-0.3, -0.25) is 10.2 Å². The van der Waals surface area contributed by atoms with Gasteiger partial charge in [0.2, 0.25) is 5.76 Å². The van der Waals surface area contributed by atoms with Crippen LogP contribution in [0.25, 0.3) is 0 Å². The number of hydrogen-bond donors (Lipinski definition) is 3. The molecule has 1 amide bonds. The number of carbonyl (C=O) groups is 2. The number of hydrazine groups is 1. The number of furan rings is 1. The Kier molecular flexibility index (Phi) is 5.22. The maximum atomic E-state index is 11.9. The van der Waals surface area contributed by atoms with E-state index >= 15 is 0 Å². The van der Waals surface area contributed by atoms with Gasteiger partial charge in [0.05, 0.1) is 12.5 Å². The highest BCUT2D eigenvalue weighted by Gasteiger charge is 2.26. The Labute approximate surface area is 144 Å². The number of benzene rings is 1. The fourth-order valence-corrected chi connectivity index (χ4v) is 2.35. The number of esters is 1. The van der Waals surface area contributed by atoms with Gasteiger partial charge in [-0.05, 0) is 43.2 Å². The quantitative estimate of drug-likeness (QED) is 0.326. The van der Waals surface area contributed by atoms with E-state index in [-0.39, 0.29) is 23.8 Å². The van der Waals surface area contributed by atoms with Gasteiger partial charge in [0.15, 0.2) is 0 Å². The molecule has 2 heterocycles. The van der Waals surface area contributed by atoms with Gasteiger partial charge in [0.25, 0.3) is 5.91 Å². The normalized spacial score (nSPS) is 19.9. The summed E-state index contributed by atoms with van der Waals surface area (Å²) in [6, 6.07) is 9.83. The lowest BCUT2D eigenvalue weighted by molar-refractivity contribution is -0.122. The number of carbonyl (C=O) groups excluding carboxylic acids is 2. The summed E-state index contributed by atoms with van der Waals surface area (Å²) in [7, 11) is 0. The zero-order valence-corrected chi connectivity index (χ0v) is 13.6. The average molecular weight is 342 g/mol. The molecule has 1 aromatic heterocycles. The van der Waals surface area contributed by atoms with Gasteiger partial charge >= 0.3 is 5.97 Å². The number of hydrazone groups is 1. The molecule has 25 heavy (non-hydrogen) atoms. The van der Waals surface area contributed by atoms with Crippen molar-refractivity contribution in [2.24, 2.45) is 5.10 Å². The van der Waals surface area contributed by atoms with Crippen LogP contribution in [0.4, 0.5) is 0 Å². The van der Waals surface area contributed by atoms with Crippen LogP contribution >= 0.6 is 0 Å². The lowest BCUT2D eigenvalue weighted by atomic mass is 10.1. The third kappa shape index (κ3) is 4.52. The van der Waals surface area contributed by atoms with Crippen molar-refractivity contribution in [2.45, 2.75) is 25.4 Å². The fraction of sp³-hybridized carbons (Fsp3) is 0.235. The molecular formula is C17H18N4O4. The molecule has 130 valence electrons. The molecule has 1 fully saturated rings. The molecule has 2 atom stereocenters. The number of amides is 1. The van der Waals surface area contributed by atoms with Gasteiger partial charge in [-0.2, -0.15) is 5.10 Å². The molecule has 2 unspecified atom stereocenters. The Bertz CT molecular complexity index is 773. The predicted molar refractivity (Wildman–Crippen MR) is 90.0 cm³/mol. The molecular weight excluding hydrogens is 324 g/mol. The lowest BCUT2D eigenvalue weighted by Gasteiger charge is -2.06. The topological polar surface area (TPSA) is 105 Å². The van der Waals surface area contributed by atoms with Gasteiger partial charge in [-0.1, -0.05) is 12.1 Å². The van der Waals surface area contributed by atoms with E-state index in [9.17, 15) is 9.59 Å². The third-order valence-electron chi connectivity index (χ3n) is 3.59. The Morgan fingerprint density at radius 1 is 1.32 bits per heavy atom. The van der Waals surface area contributed by atoms with Crippen LogP contribution in [0, 0.1) is 0 Å². The summed E-state index contributed by atoms with van der Waals surface area (Å²) in [6.45, 7) is 1.99. The Morgan fingerprint density at radius 2 is 2.20 bits per heavy atom. The van der Waals surface area contributed by atoms with Gasteiger partial charge in [0.1, 0.15) is 11.8 Å². The van der Waals surface area contributed by atoms with E-state index < -0.39 is 5.97 Å². The van der Waals surface area contributed by atoms with Crippen LogP contribution in [-0.4, -0.2) is 30.2 Å². The predicted octanol–water partition coefficient (Wildman–Crippen LogP) is 1.20. The van der Waals surface area contributed by atoms with Gasteiger partial charge in [-0.15, -0.1) is 0 Å². The highest BCUT2D eigenvalue weighted by atomic mass is 16.5. The second-order valence-corrected chi connectivity index (χ2v) is 5.65. The molecule has 2 aromatic rings. The number of nitrogens with one attached hydrogen (secondary N) is 3. The zero-order valence-electron chi connectivity index (χ0n) is 13.6. The molecule has 8 nitrogen and oxygen atoms in total. The molecule has 0 spiro atoms. The standard InChI is InChI=1S/C17H18N4O4/c1-11-8-14(20-19-11)16(22)21-18-10-12-4-2-5-13(9-12)25-17(23)15-6-3-7-24-15/h2-7,9-11,14,19-20H,8H2,1H3,(H,21,22)/b18-10+. The second-order valence-electron chi connectivity index (χ2n) is 5.65. The van der Waals surface area contributed by atoms with Crippen LogP contribution in [0.15, 0.2) is 52.2 Å². The monoisotopic (exact) mass is 342 g/mol. The largest absolute Gasteiger partial charge is 0.457 e. The molecule has 0 bridgehead atoms. The highest BCUT2D eigenvalue weighted by molar-refractivity contribution is 5.89. The molecule has 0 aliphatic carbocycles. The van der Waals surface area contributed by atoms with E-state index in [1.807, 2.05) is 6.92 Å². The Balaban J connectivity index is 1.56. The summed E-state index contributed by atoms with van der Waals surface area (Å²) in [5.74, 6) is -0.319. The maximum Gasteiger partial charge on any atom is 0.379 e. The summed E-state index contributed by atoms with van der Waals surface area (Å²) in [5, 5.41) is 3.93. The second kappa shape index (κ2) is 7.73. The van der Waals surface area contributed by atoms with E-state index in [0.717, 1.165) is 0 Å². The molecule has 0 saturated carbocycles. The minimum Gasteiger partial charge on any atom is -0.457 e. The fourth-order valence-electron chi connectivity index (χ4n) is 2.35. The summed E-state index contributed by atoms with van der Waals surface area (Å²) in [6.07, 6.45) is 3.57. The van der Waals surface area contributed by atoms with Gasteiger partial charge in [0, 0.05) is 6.04 Å². The van der Waals surface area contributed by atoms with Crippen molar-refractivity contribution in [3.63, 3.8) is 0 Å². The average Bonchev–Trinajstić information content (AvgIpc) is 3.26. The highest BCUT2D eigenvalue weighted by Crippen LogP contribution is 2.14. The Morgan fingerprint density at radius 3 is 2.92 bits per heavy atom. The summed E-state index contributed by atoms with van der Waals surface area (Å²) < 4.78 is 10.2. The van der Waals surface area contributed by atoms with Crippen molar-refractivity contribution in [1.29, 1.82) is 0 Å². The SMILES string of the molecule is CC1CC(C(=O)N/N=C/c2cccc(OC(=O)c3ccco3)c2)NN1. The van der Waals surface area contributed by atoms with Crippen LogP contribution in [0.3, 0.4) is 0 Å². The van der Waals surface area contributed by atoms with E-state index in [0.29, 0.717) is 17.7 Å². The van der Waals surface area contributed by atoms with Crippen molar-refractivity contribution < 1.29 is 18.7 Å². The van der Waals surface area contributed by atoms with Crippen molar-refractivity contribution in [1.82, 2.24) is 16.3 Å². The number of rotatable bonds is 5. The minimum absolute atomic E-state index is 0.123. The van der Waals surface area contributed by atoms with Gasteiger partial charge in [-0.25, -0.2) is 15.6 Å². The first-order valence-corrected chi connectivity index (χ1v) is 7.81. The number of ether oxygens (including phenoxy) is 1. The first kappa shape index (κ1) is 16.9. The zero-order chi connectivity index (χ0) is 17.6. The van der Waals surface area contributed by atoms with Crippen LogP contribution in [0.5, 0.6) is 5.75 Å². The van der Waals surface area contributed by atoms with Crippen LogP contribution in [0.2, 0.25) is 0 Å². The first-order chi connectivity index (χ1) is 12.1. The molecule has 1 aliphatic heterocycles.